The van der Waals surface area contributed by atoms with E-state index < -0.39 is 0 Å². The summed E-state index contributed by atoms with van der Waals surface area (Å²) in [5.41, 5.74) is 1.85. The summed E-state index contributed by atoms with van der Waals surface area (Å²) in [5.74, 6) is 0. The predicted molar refractivity (Wildman–Crippen MR) is 70.8 cm³/mol. The van der Waals surface area contributed by atoms with Crippen molar-refractivity contribution in [2.75, 3.05) is 0 Å². The van der Waals surface area contributed by atoms with Crippen molar-refractivity contribution in [2.45, 2.75) is 19.6 Å². The molecule has 0 bridgehead atoms. The highest BCUT2D eigenvalue weighted by molar-refractivity contribution is 9.10. The molecule has 1 aromatic heterocycles. The maximum Gasteiger partial charge on any atom is 0.293 e. The number of rotatable bonds is 4. The molecule has 92 valence electrons. The number of hydrogen-bond acceptors (Lipinski definition) is 3. The second-order valence-electron chi connectivity index (χ2n) is 3.91. The van der Waals surface area contributed by atoms with E-state index in [1.807, 2.05) is 35.9 Å². The second-order valence-corrected chi connectivity index (χ2v) is 4.82. The summed E-state index contributed by atoms with van der Waals surface area (Å²) in [6, 6.07) is 7.94. The number of carbonyl (C=O) groups excluding carboxylic acids is 1. The number of aromatic nitrogens is 1. The van der Waals surface area contributed by atoms with Crippen LogP contribution in [-0.2, 0) is 16.1 Å². The molecule has 0 saturated heterocycles. The lowest BCUT2D eigenvalue weighted by Crippen LogP contribution is -1.97. The SMILES string of the molecule is CC(OC=O)c1cn(CC#N)c2cc(Br)ccc12. The summed E-state index contributed by atoms with van der Waals surface area (Å²) in [6.07, 6.45) is 1.53. The topological polar surface area (TPSA) is 55.0 Å². The van der Waals surface area contributed by atoms with Crippen LogP contribution in [0.3, 0.4) is 0 Å². The van der Waals surface area contributed by atoms with Crippen molar-refractivity contribution in [1.82, 2.24) is 4.57 Å². The van der Waals surface area contributed by atoms with Crippen LogP contribution in [-0.4, -0.2) is 11.0 Å². The first-order chi connectivity index (χ1) is 8.67. The van der Waals surface area contributed by atoms with Gasteiger partial charge in [0, 0.05) is 21.6 Å². The molecule has 1 aromatic carbocycles. The molecule has 0 radical (unpaired) electrons. The first kappa shape index (κ1) is 12.7. The molecule has 0 aliphatic carbocycles. The van der Waals surface area contributed by atoms with E-state index in [1.54, 1.807) is 0 Å². The first-order valence-electron chi connectivity index (χ1n) is 5.41. The van der Waals surface area contributed by atoms with Crippen molar-refractivity contribution in [2.24, 2.45) is 0 Å². The van der Waals surface area contributed by atoms with Gasteiger partial charge in [-0.15, -0.1) is 0 Å². The van der Waals surface area contributed by atoms with Gasteiger partial charge in [-0.05, 0) is 19.1 Å². The molecule has 0 amide bonds. The predicted octanol–water partition coefficient (Wildman–Crippen LogP) is 3.16. The smallest absolute Gasteiger partial charge is 0.293 e. The van der Waals surface area contributed by atoms with E-state index >= 15 is 0 Å². The Morgan fingerprint density at radius 1 is 1.61 bits per heavy atom. The Hall–Kier alpha value is -1.80. The van der Waals surface area contributed by atoms with Crippen molar-refractivity contribution in [3.05, 3.63) is 34.4 Å². The van der Waals surface area contributed by atoms with Gasteiger partial charge in [-0.25, -0.2) is 0 Å². The Morgan fingerprint density at radius 3 is 3.06 bits per heavy atom. The Bertz CT molecular complexity index is 628. The molecule has 0 N–H and O–H groups in total. The van der Waals surface area contributed by atoms with Gasteiger partial charge in [0.2, 0.25) is 0 Å². The number of nitriles is 1. The van der Waals surface area contributed by atoms with Gasteiger partial charge in [0.1, 0.15) is 12.6 Å². The minimum atomic E-state index is -0.328. The molecule has 2 rings (SSSR count). The summed E-state index contributed by atoms with van der Waals surface area (Å²) in [7, 11) is 0. The van der Waals surface area contributed by atoms with E-state index in [1.165, 1.54) is 0 Å². The standard InChI is InChI=1S/C13H11BrN2O2/c1-9(18-8-17)12-7-16(5-4-15)13-6-10(14)2-3-11(12)13/h2-3,6-9H,5H2,1H3. The number of benzene rings is 1. The van der Waals surface area contributed by atoms with E-state index in [2.05, 4.69) is 22.0 Å². The molecule has 0 aliphatic rings. The van der Waals surface area contributed by atoms with Crippen LogP contribution < -0.4 is 0 Å². The van der Waals surface area contributed by atoms with Gasteiger partial charge in [0.05, 0.1) is 11.6 Å². The zero-order valence-corrected chi connectivity index (χ0v) is 11.3. The highest BCUT2D eigenvalue weighted by Crippen LogP contribution is 2.30. The Morgan fingerprint density at radius 2 is 2.39 bits per heavy atom. The fourth-order valence-electron chi connectivity index (χ4n) is 1.98. The minimum Gasteiger partial charge on any atom is -0.460 e. The van der Waals surface area contributed by atoms with Gasteiger partial charge in [-0.1, -0.05) is 22.0 Å². The summed E-state index contributed by atoms with van der Waals surface area (Å²) in [4.78, 5) is 10.4. The van der Waals surface area contributed by atoms with Crippen LogP contribution in [0.2, 0.25) is 0 Å². The summed E-state index contributed by atoms with van der Waals surface area (Å²) in [5, 5.41) is 9.82. The molecular formula is C13H11BrN2O2. The van der Waals surface area contributed by atoms with Gasteiger partial charge in [-0.2, -0.15) is 5.26 Å². The lowest BCUT2D eigenvalue weighted by Gasteiger charge is -2.07. The average Bonchev–Trinajstić information content (AvgIpc) is 2.69. The number of carbonyl (C=O) groups is 1. The number of nitrogens with zero attached hydrogens (tertiary/aromatic N) is 2. The second kappa shape index (κ2) is 5.23. The first-order valence-corrected chi connectivity index (χ1v) is 6.21. The molecule has 1 unspecified atom stereocenters. The van der Waals surface area contributed by atoms with Crippen LogP contribution in [0.5, 0.6) is 0 Å². The summed E-state index contributed by atoms with van der Waals surface area (Å²) in [6.45, 7) is 2.51. The van der Waals surface area contributed by atoms with Crippen molar-refractivity contribution in [3.63, 3.8) is 0 Å². The van der Waals surface area contributed by atoms with E-state index in [4.69, 9.17) is 10.00 Å². The zero-order chi connectivity index (χ0) is 13.1. The summed E-state index contributed by atoms with van der Waals surface area (Å²) >= 11 is 3.41. The summed E-state index contributed by atoms with van der Waals surface area (Å²) < 4.78 is 7.76. The van der Waals surface area contributed by atoms with Gasteiger partial charge < -0.3 is 9.30 Å². The molecule has 0 spiro atoms. The normalized spacial score (nSPS) is 12.1. The quantitative estimate of drug-likeness (QED) is 0.815. The van der Waals surface area contributed by atoms with Crippen LogP contribution in [0.1, 0.15) is 18.6 Å². The molecule has 1 atom stereocenters. The monoisotopic (exact) mass is 306 g/mol. The van der Waals surface area contributed by atoms with Crippen LogP contribution in [0, 0.1) is 11.3 Å². The average molecular weight is 307 g/mol. The third-order valence-electron chi connectivity index (χ3n) is 2.81. The Labute approximate surface area is 113 Å². The molecule has 4 nitrogen and oxygen atoms in total. The van der Waals surface area contributed by atoms with Gasteiger partial charge in [0.25, 0.3) is 6.47 Å². The van der Waals surface area contributed by atoms with Gasteiger partial charge in [-0.3, -0.25) is 4.79 Å². The van der Waals surface area contributed by atoms with E-state index in [-0.39, 0.29) is 12.6 Å². The number of halogens is 1. The lowest BCUT2D eigenvalue weighted by atomic mass is 10.1. The zero-order valence-electron chi connectivity index (χ0n) is 9.76. The van der Waals surface area contributed by atoms with Crippen LogP contribution in [0.4, 0.5) is 0 Å². The molecule has 0 fully saturated rings. The molecule has 2 aromatic rings. The van der Waals surface area contributed by atoms with E-state index in [0.717, 1.165) is 20.9 Å². The van der Waals surface area contributed by atoms with Crippen molar-refractivity contribution < 1.29 is 9.53 Å². The van der Waals surface area contributed by atoms with Crippen LogP contribution in [0.15, 0.2) is 28.9 Å². The number of ether oxygens (including phenoxy) is 1. The van der Waals surface area contributed by atoms with Crippen LogP contribution >= 0.6 is 15.9 Å². The lowest BCUT2D eigenvalue weighted by molar-refractivity contribution is -0.133. The van der Waals surface area contributed by atoms with Crippen molar-refractivity contribution in [1.29, 1.82) is 5.26 Å². The maximum absolute atomic E-state index is 10.4. The fraction of sp³-hybridized carbons (Fsp3) is 0.231. The van der Waals surface area contributed by atoms with Crippen molar-refractivity contribution >= 4 is 33.3 Å². The van der Waals surface area contributed by atoms with E-state index in [9.17, 15) is 4.79 Å². The largest absolute Gasteiger partial charge is 0.460 e. The molecule has 18 heavy (non-hydrogen) atoms. The number of fused-ring (bicyclic) bond motifs is 1. The van der Waals surface area contributed by atoms with Crippen LogP contribution in [0.25, 0.3) is 10.9 Å². The number of hydrogen-bond donors (Lipinski definition) is 0. The molecule has 1 heterocycles. The van der Waals surface area contributed by atoms with Gasteiger partial charge >= 0.3 is 0 Å². The highest BCUT2D eigenvalue weighted by Gasteiger charge is 2.15. The van der Waals surface area contributed by atoms with E-state index in [0.29, 0.717) is 6.47 Å². The van der Waals surface area contributed by atoms with Crippen molar-refractivity contribution in [3.8, 4) is 6.07 Å². The maximum atomic E-state index is 10.4. The highest BCUT2D eigenvalue weighted by atomic mass is 79.9. The molecule has 0 aliphatic heterocycles. The third-order valence-corrected chi connectivity index (χ3v) is 3.31. The van der Waals surface area contributed by atoms with Gasteiger partial charge in [0.15, 0.2) is 0 Å². The molecule has 0 saturated carbocycles. The fourth-order valence-corrected chi connectivity index (χ4v) is 2.33. The Balaban J connectivity index is 2.61. The minimum absolute atomic E-state index is 0.265. The molecular weight excluding hydrogens is 296 g/mol. The third kappa shape index (κ3) is 2.24. The Kier molecular flexibility index (Phi) is 3.68. The molecule has 5 heteroatoms.